The molecule has 0 bridgehead atoms. The summed E-state index contributed by atoms with van der Waals surface area (Å²) in [7, 11) is 0. The van der Waals surface area contributed by atoms with Crippen LogP contribution in [0.4, 0.5) is 10.5 Å². The lowest BCUT2D eigenvalue weighted by Gasteiger charge is -2.17. The highest BCUT2D eigenvalue weighted by atomic mass is 16.2. The highest BCUT2D eigenvalue weighted by molar-refractivity contribution is 5.89. The molecular weight excluding hydrogens is 250 g/mol. The number of rotatable bonds is 5. The molecule has 0 aromatic heterocycles. The van der Waals surface area contributed by atoms with E-state index in [1.807, 2.05) is 17.0 Å². The minimum Gasteiger partial charge on any atom is -0.325 e. The van der Waals surface area contributed by atoms with Crippen LogP contribution in [0.15, 0.2) is 24.3 Å². The van der Waals surface area contributed by atoms with Gasteiger partial charge in [-0.1, -0.05) is 19.1 Å². The maximum atomic E-state index is 12.0. The first kappa shape index (κ1) is 14.9. The topological polar surface area (TPSA) is 44.4 Å². The van der Waals surface area contributed by atoms with Gasteiger partial charge < -0.3 is 15.5 Å². The molecule has 1 aliphatic rings. The van der Waals surface area contributed by atoms with Gasteiger partial charge in [0.2, 0.25) is 0 Å². The lowest BCUT2D eigenvalue weighted by molar-refractivity contribution is 0.222. The molecule has 1 fully saturated rings. The Morgan fingerprint density at radius 2 is 1.90 bits per heavy atom. The number of urea groups is 1. The number of hydrogen-bond donors (Lipinski definition) is 2. The van der Waals surface area contributed by atoms with Crippen LogP contribution >= 0.6 is 0 Å². The summed E-state index contributed by atoms with van der Waals surface area (Å²) in [5.41, 5.74) is 2.12. The van der Waals surface area contributed by atoms with E-state index in [9.17, 15) is 4.79 Å². The van der Waals surface area contributed by atoms with E-state index in [0.717, 1.165) is 44.6 Å². The number of likely N-dealkylation sites (tertiary alicyclic amines) is 1. The molecule has 1 aromatic carbocycles. The van der Waals surface area contributed by atoms with Gasteiger partial charge in [0.05, 0.1) is 0 Å². The van der Waals surface area contributed by atoms with Crippen molar-refractivity contribution in [2.45, 2.75) is 39.2 Å². The largest absolute Gasteiger partial charge is 0.325 e. The lowest BCUT2D eigenvalue weighted by atomic mass is 10.1. The van der Waals surface area contributed by atoms with Gasteiger partial charge in [0.15, 0.2) is 0 Å². The third-order valence-electron chi connectivity index (χ3n) is 3.76. The maximum Gasteiger partial charge on any atom is 0.321 e. The van der Waals surface area contributed by atoms with Crippen molar-refractivity contribution in [3.05, 3.63) is 29.8 Å². The van der Waals surface area contributed by atoms with Crippen LogP contribution in [-0.4, -0.2) is 30.6 Å². The second kappa shape index (κ2) is 7.29. The van der Waals surface area contributed by atoms with Gasteiger partial charge in [-0.2, -0.15) is 0 Å². The van der Waals surface area contributed by atoms with Crippen LogP contribution in [0.2, 0.25) is 0 Å². The number of hydrogen-bond acceptors (Lipinski definition) is 2. The maximum absolute atomic E-state index is 12.0. The predicted molar refractivity (Wildman–Crippen MR) is 83.0 cm³/mol. The van der Waals surface area contributed by atoms with Crippen molar-refractivity contribution < 1.29 is 4.79 Å². The van der Waals surface area contributed by atoms with Gasteiger partial charge >= 0.3 is 6.03 Å². The fourth-order valence-electron chi connectivity index (χ4n) is 2.46. The molecule has 1 unspecified atom stereocenters. The summed E-state index contributed by atoms with van der Waals surface area (Å²) in [5.74, 6) is 0. The number of amides is 2. The van der Waals surface area contributed by atoms with E-state index >= 15 is 0 Å². The molecule has 2 rings (SSSR count). The normalized spacial score (nSPS) is 16.2. The Kier molecular flexibility index (Phi) is 5.41. The Balaban J connectivity index is 1.89. The van der Waals surface area contributed by atoms with Gasteiger partial charge in [0.25, 0.3) is 0 Å². The molecule has 1 aromatic rings. The molecule has 0 radical (unpaired) electrons. The Bertz CT molecular complexity index is 424. The minimum absolute atomic E-state index is 0.0207. The molecule has 4 heteroatoms. The van der Waals surface area contributed by atoms with Crippen LogP contribution in [0, 0.1) is 0 Å². The number of benzene rings is 1. The van der Waals surface area contributed by atoms with Gasteiger partial charge in [-0.25, -0.2) is 4.79 Å². The first-order valence-electron chi connectivity index (χ1n) is 7.60. The molecule has 2 amide bonds. The molecule has 110 valence electrons. The zero-order valence-electron chi connectivity index (χ0n) is 12.5. The molecule has 4 nitrogen and oxygen atoms in total. The Hall–Kier alpha value is -1.55. The number of anilines is 1. The van der Waals surface area contributed by atoms with Gasteiger partial charge in [-0.3, -0.25) is 0 Å². The Morgan fingerprint density at radius 1 is 1.25 bits per heavy atom. The fourth-order valence-corrected chi connectivity index (χ4v) is 2.46. The van der Waals surface area contributed by atoms with Crippen LogP contribution in [0.5, 0.6) is 0 Å². The second-order valence-electron chi connectivity index (χ2n) is 5.42. The summed E-state index contributed by atoms with van der Waals surface area (Å²) >= 11 is 0. The van der Waals surface area contributed by atoms with Gasteiger partial charge in [0.1, 0.15) is 0 Å². The molecule has 20 heavy (non-hydrogen) atoms. The number of nitrogens with zero attached hydrogens (tertiary/aromatic N) is 1. The van der Waals surface area contributed by atoms with Crippen molar-refractivity contribution in [2.75, 3.05) is 25.0 Å². The predicted octanol–water partition coefficient (Wildman–Crippen LogP) is 3.37. The van der Waals surface area contributed by atoms with Crippen molar-refractivity contribution in [1.82, 2.24) is 10.2 Å². The standard InChI is InChI=1S/C16H25N3O/c1-3-10-17-13(2)14-6-8-15(9-7-14)18-16(20)19-11-4-5-12-19/h6-9,13,17H,3-5,10-12H2,1-2H3,(H,18,20). The molecular formula is C16H25N3O. The summed E-state index contributed by atoms with van der Waals surface area (Å²) in [6.07, 6.45) is 3.37. The summed E-state index contributed by atoms with van der Waals surface area (Å²) in [6, 6.07) is 8.48. The zero-order valence-corrected chi connectivity index (χ0v) is 12.5. The molecule has 1 heterocycles. The molecule has 2 N–H and O–H groups in total. The SMILES string of the molecule is CCCNC(C)c1ccc(NC(=O)N2CCCC2)cc1. The van der Waals surface area contributed by atoms with Gasteiger partial charge in [-0.15, -0.1) is 0 Å². The van der Waals surface area contributed by atoms with Crippen molar-refractivity contribution in [2.24, 2.45) is 0 Å². The first-order chi connectivity index (χ1) is 9.70. The summed E-state index contributed by atoms with van der Waals surface area (Å²) in [5, 5.41) is 6.42. The van der Waals surface area contributed by atoms with E-state index in [-0.39, 0.29) is 6.03 Å². The van der Waals surface area contributed by atoms with Crippen molar-refractivity contribution in [1.29, 1.82) is 0 Å². The molecule has 1 aliphatic heterocycles. The summed E-state index contributed by atoms with van der Waals surface area (Å²) in [4.78, 5) is 13.9. The van der Waals surface area contributed by atoms with Crippen LogP contribution in [0.25, 0.3) is 0 Å². The molecule has 0 spiro atoms. The Labute approximate surface area is 121 Å². The average Bonchev–Trinajstić information content (AvgIpc) is 3.00. The van der Waals surface area contributed by atoms with E-state index in [1.54, 1.807) is 0 Å². The van der Waals surface area contributed by atoms with E-state index in [2.05, 4.69) is 36.6 Å². The zero-order chi connectivity index (χ0) is 14.4. The smallest absolute Gasteiger partial charge is 0.321 e. The van der Waals surface area contributed by atoms with Crippen LogP contribution in [-0.2, 0) is 0 Å². The summed E-state index contributed by atoms with van der Waals surface area (Å²) < 4.78 is 0. The van der Waals surface area contributed by atoms with E-state index < -0.39 is 0 Å². The third-order valence-corrected chi connectivity index (χ3v) is 3.76. The van der Waals surface area contributed by atoms with Gasteiger partial charge in [-0.05, 0) is 50.4 Å². The fraction of sp³-hybridized carbons (Fsp3) is 0.562. The average molecular weight is 275 g/mol. The molecule has 0 saturated carbocycles. The van der Waals surface area contributed by atoms with E-state index in [4.69, 9.17) is 0 Å². The number of carbonyl (C=O) groups excluding carboxylic acids is 1. The van der Waals surface area contributed by atoms with E-state index in [1.165, 1.54) is 5.56 Å². The minimum atomic E-state index is 0.0207. The van der Waals surface area contributed by atoms with Crippen molar-refractivity contribution in [3.8, 4) is 0 Å². The monoisotopic (exact) mass is 275 g/mol. The highest BCUT2D eigenvalue weighted by Crippen LogP contribution is 2.17. The lowest BCUT2D eigenvalue weighted by Crippen LogP contribution is -2.32. The Morgan fingerprint density at radius 3 is 2.50 bits per heavy atom. The molecule has 1 saturated heterocycles. The van der Waals surface area contributed by atoms with E-state index in [0.29, 0.717) is 6.04 Å². The highest BCUT2D eigenvalue weighted by Gasteiger charge is 2.17. The third kappa shape index (κ3) is 3.97. The van der Waals surface area contributed by atoms with Crippen molar-refractivity contribution in [3.63, 3.8) is 0 Å². The van der Waals surface area contributed by atoms with Gasteiger partial charge in [0, 0.05) is 24.8 Å². The molecule has 1 atom stereocenters. The van der Waals surface area contributed by atoms with Crippen LogP contribution in [0.1, 0.15) is 44.7 Å². The number of nitrogens with one attached hydrogen (secondary N) is 2. The first-order valence-corrected chi connectivity index (χ1v) is 7.60. The van der Waals surface area contributed by atoms with Crippen LogP contribution < -0.4 is 10.6 Å². The second-order valence-corrected chi connectivity index (χ2v) is 5.42. The van der Waals surface area contributed by atoms with Crippen molar-refractivity contribution >= 4 is 11.7 Å². The van der Waals surface area contributed by atoms with Crippen LogP contribution in [0.3, 0.4) is 0 Å². The number of carbonyl (C=O) groups is 1. The quantitative estimate of drug-likeness (QED) is 0.865. The molecule has 0 aliphatic carbocycles. The summed E-state index contributed by atoms with van der Waals surface area (Å²) in [6.45, 7) is 7.10.